The number of carbonyl (C=O) groups excluding carboxylic acids is 1. The fraction of sp³-hybridized carbons (Fsp3) is 0.0833. The summed E-state index contributed by atoms with van der Waals surface area (Å²) in [5, 5.41) is 9.98. The minimum atomic E-state index is -1.09. The summed E-state index contributed by atoms with van der Waals surface area (Å²) < 4.78 is 1.53. The normalized spacial score (nSPS) is 10.8. The maximum Gasteiger partial charge on any atom is 0.335 e. The lowest BCUT2D eigenvalue weighted by molar-refractivity contribution is 0.0696. The number of carboxylic acid groups (broad SMARTS) is 1. The van der Waals surface area contributed by atoms with Gasteiger partial charge in [-0.3, -0.25) is 14.2 Å². The van der Waals surface area contributed by atoms with Gasteiger partial charge in [-0.25, -0.2) is 9.78 Å². The molecule has 3 aromatic carbocycles. The minimum absolute atomic E-state index is 0.0523. The molecule has 4 rings (SSSR count). The summed E-state index contributed by atoms with van der Waals surface area (Å²) in [6.45, 7) is 0.297. The number of rotatable bonds is 7. The van der Waals surface area contributed by atoms with Crippen LogP contribution in [0, 0.1) is 0 Å². The average molecular weight is 430 g/mol. The summed E-state index contributed by atoms with van der Waals surface area (Å²) in [4.78, 5) is 41.7. The number of thioether (sulfide) groups is 1. The number of fused-ring (bicyclic) bond motifs is 1. The predicted molar refractivity (Wildman–Crippen MR) is 120 cm³/mol. The molecule has 0 amide bonds. The van der Waals surface area contributed by atoms with Crippen molar-refractivity contribution in [3.63, 3.8) is 0 Å². The van der Waals surface area contributed by atoms with Gasteiger partial charge in [-0.05, 0) is 23.8 Å². The lowest BCUT2D eigenvalue weighted by Gasteiger charge is -2.13. The maximum atomic E-state index is 13.2. The van der Waals surface area contributed by atoms with Crippen molar-refractivity contribution in [2.75, 3.05) is 5.75 Å². The Hall–Kier alpha value is -3.71. The second-order valence-electron chi connectivity index (χ2n) is 6.89. The summed E-state index contributed by atoms with van der Waals surface area (Å²) in [5.41, 5.74) is 1.57. The zero-order chi connectivity index (χ0) is 21.8. The number of hydrogen-bond donors (Lipinski definition) is 1. The highest BCUT2D eigenvalue weighted by Gasteiger charge is 2.16. The van der Waals surface area contributed by atoms with Gasteiger partial charge in [0.1, 0.15) is 0 Å². The van der Waals surface area contributed by atoms with E-state index in [0.29, 0.717) is 28.2 Å². The number of carbonyl (C=O) groups is 2. The molecule has 4 aromatic rings. The summed E-state index contributed by atoms with van der Waals surface area (Å²) in [5.74, 6) is -1.06. The highest BCUT2D eigenvalue weighted by Crippen LogP contribution is 2.21. The van der Waals surface area contributed by atoms with Gasteiger partial charge in [0.25, 0.3) is 5.56 Å². The molecule has 31 heavy (non-hydrogen) atoms. The van der Waals surface area contributed by atoms with E-state index in [4.69, 9.17) is 0 Å². The van der Waals surface area contributed by atoms with E-state index in [9.17, 15) is 19.5 Å². The van der Waals surface area contributed by atoms with Crippen molar-refractivity contribution in [3.8, 4) is 0 Å². The molecule has 0 fully saturated rings. The lowest BCUT2D eigenvalue weighted by atomic mass is 10.1. The number of nitrogens with zero attached hydrogens (tertiary/aromatic N) is 2. The van der Waals surface area contributed by atoms with Crippen LogP contribution in [-0.4, -0.2) is 32.2 Å². The third kappa shape index (κ3) is 4.57. The van der Waals surface area contributed by atoms with Gasteiger partial charge in [-0.2, -0.15) is 0 Å². The van der Waals surface area contributed by atoms with Gasteiger partial charge in [0.15, 0.2) is 10.9 Å². The van der Waals surface area contributed by atoms with Gasteiger partial charge < -0.3 is 5.11 Å². The van der Waals surface area contributed by atoms with Crippen LogP contribution in [0.4, 0.5) is 0 Å². The van der Waals surface area contributed by atoms with Gasteiger partial charge in [0.05, 0.1) is 28.8 Å². The van der Waals surface area contributed by atoms with E-state index in [0.717, 1.165) is 5.56 Å². The SMILES string of the molecule is O=C(O)c1ccc2c(=O)n(Cc3ccccc3)c(SCC(=O)c3ccccc3)nc2c1. The number of hydrogen-bond acceptors (Lipinski definition) is 5. The Labute approximate surface area is 182 Å². The van der Waals surface area contributed by atoms with Crippen molar-refractivity contribution < 1.29 is 14.7 Å². The van der Waals surface area contributed by atoms with E-state index in [1.54, 1.807) is 24.3 Å². The van der Waals surface area contributed by atoms with Crippen LogP contribution in [0.2, 0.25) is 0 Å². The Balaban J connectivity index is 1.75. The van der Waals surface area contributed by atoms with E-state index >= 15 is 0 Å². The van der Waals surface area contributed by atoms with Gasteiger partial charge in [-0.1, -0.05) is 72.4 Å². The topological polar surface area (TPSA) is 89.3 Å². The molecule has 0 unspecified atom stereocenters. The third-order valence-electron chi connectivity index (χ3n) is 4.78. The molecular weight excluding hydrogens is 412 g/mol. The van der Waals surface area contributed by atoms with Crippen LogP contribution >= 0.6 is 11.8 Å². The Kier molecular flexibility index (Phi) is 5.95. The van der Waals surface area contributed by atoms with Crippen molar-refractivity contribution >= 4 is 34.4 Å². The number of aromatic nitrogens is 2. The highest BCUT2D eigenvalue weighted by atomic mass is 32.2. The van der Waals surface area contributed by atoms with Crippen LogP contribution < -0.4 is 5.56 Å². The number of aromatic carboxylic acids is 1. The molecule has 1 aromatic heterocycles. The first kappa shape index (κ1) is 20.6. The maximum absolute atomic E-state index is 13.2. The van der Waals surface area contributed by atoms with Gasteiger partial charge in [0.2, 0.25) is 0 Å². The molecule has 0 radical (unpaired) electrons. The second-order valence-corrected chi connectivity index (χ2v) is 7.83. The monoisotopic (exact) mass is 430 g/mol. The van der Waals surface area contributed by atoms with Gasteiger partial charge in [-0.15, -0.1) is 0 Å². The number of ketones is 1. The average Bonchev–Trinajstić information content (AvgIpc) is 2.80. The fourth-order valence-electron chi connectivity index (χ4n) is 3.19. The fourth-order valence-corrected chi connectivity index (χ4v) is 4.08. The lowest BCUT2D eigenvalue weighted by Crippen LogP contribution is -2.24. The van der Waals surface area contributed by atoms with E-state index in [1.807, 2.05) is 36.4 Å². The van der Waals surface area contributed by atoms with Crippen molar-refractivity contribution in [2.24, 2.45) is 0 Å². The first-order chi connectivity index (χ1) is 15.0. The Morgan fingerprint density at radius 1 is 0.903 bits per heavy atom. The third-order valence-corrected chi connectivity index (χ3v) is 5.76. The van der Waals surface area contributed by atoms with Crippen molar-refractivity contribution in [1.82, 2.24) is 9.55 Å². The van der Waals surface area contributed by atoms with Crippen molar-refractivity contribution in [3.05, 3.63) is 106 Å². The molecular formula is C24H18N2O4S. The Bertz CT molecular complexity index is 1320. The number of carboxylic acids is 1. The summed E-state index contributed by atoms with van der Waals surface area (Å²) in [6.07, 6.45) is 0. The summed E-state index contributed by atoms with van der Waals surface area (Å²) >= 11 is 1.17. The molecule has 1 heterocycles. The van der Waals surface area contributed by atoms with Gasteiger partial charge in [0, 0.05) is 5.56 Å². The zero-order valence-electron chi connectivity index (χ0n) is 16.4. The predicted octanol–water partition coefficient (Wildman–Crippen LogP) is 4.12. The minimum Gasteiger partial charge on any atom is -0.478 e. The van der Waals surface area contributed by atoms with E-state index in [1.165, 1.54) is 34.5 Å². The molecule has 0 aliphatic heterocycles. The standard InChI is InChI=1S/C24H18N2O4S/c27-21(17-9-5-2-6-10-17)15-31-24-25-20-13-18(23(29)30)11-12-19(20)22(28)26(24)14-16-7-3-1-4-8-16/h1-13H,14-15H2,(H,29,30). The zero-order valence-corrected chi connectivity index (χ0v) is 17.2. The molecule has 0 saturated carbocycles. The molecule has 0 atom stereocenters. The van der Waals surface area contributed by atoms with E-state index < -0.39 is 5.97 Å². The highest BCUT2D eigenvalue weighted by molar-refractivity contribution is 7.99. The quantitative estimate of drug-likeness (QED) is 0.270. The molecule has 0 spiro atoms. The summed E-state index contributed by atoms with van der Waals surface area (Å²) in [7, 11) is 0. The molecule has 0 saturated heterocycles. The molecule has 0 aliphatic rings. The van der Waals surface area contributed by atoms with Crippen LogP contribution in [0.1, 0.15) is 26.3 Å². The summed E-state index contributed by atoms with van der Waals surface area (Å²) in [6, 6.07) is 22.7. The Morgan fingerprint density at radius 3 is 2.26 bits per heavy atom. The first-order valence-electron chi connectivity index (χ1n) is 9.56. The molecule has 6 nitrogen and oxygen atoms in total. The van der Waals surface area contributed by atoms with Crippen molar-refractivity contribution in [2.45, 2.75) is 11.7 Å². The van der Waals surface area contributed by atoms with Crippen LogP contribution in [0.5, 0.6) is 0 Å². The van der Waals surface area contributed by atoms with Crippen LogP contribution in [0.25, 0.3) is 10.9 Å². The van der Waals surface area contributed by atoms with E-state index in [2.05, 4.69) is 4.98 Å². The molecule has 154 valence electrons. The first-order valence-corrected chi connectivity index (χ1v) is 10.5. The Morgan fingerprint density at radius 2 is 1.58 bits per heavy atom. The number of Topliss-reactive ketones (excluding diaryl/α,β-unsaturated/α-hetero) is 1. The number of benzene rings is 3. The largest absolute Gasteiger partial charge is 0.478 e. The molecule has 0 aliphatic carbocycles. The smallest absolute Gasteiger partial charge is 0.335 e. The second kappa shape index (κ2) is 8.97. The molecule has 1 N–H and O–H groups in total. The van der Waals surface area contributed by atoms with Crippen LogP contribution in [0.15, 0.2) is 88.8 Å². The van der Waals surface area contributed by atoms with Crippen LogP contribution in [-0.2, 0) is 6.54 Å². The molecule has 0 bridgehead atoms. The van der Waals surface area contributed by atoms with Crippen LogP contribution in [0.3, 0.4) is 0 Å². The molecule has 7 heteroatoms. The van der Waals surface area contributed by atoms with Gasteiger partial charge >= 0.3 is 5.97 Å². The van der Waals surface area contributed by atoms with E-state index in [-0.39, 0.29) is 22.7 Å². The van der Waals surface area contributed by atoms with Crippen molar-refractivity contribution in [1.29, 1.82) is 0 Å².